The van der Waals surface area contributed by atoms with Crippen LogP contribution in [-0.4, -0.2) is 47.4 Å². The van der Waals surface area contributed by atoms with Crippen LogP contribution < -0.4 is 0 Å². The second-order valence-electron chi connectivity index (χ2n) is 13.4. The summed E-state index contributed by atoms with van der Waals surface area (Å²) >= 11 is 0. The number of hydrogen-bond donors (Lipinski definition) is 1. The first kappa shape index (κ1) is 39.1. The third kappa shape index (κ3) is 23.5. The standard InChI is InChI=1S/C38H74N2O2/c1-3-5-7-9-11-13-15-17-19-21-23-25-27-29-31-38-39-33-35-40(38)34-32-37(42)36(41)30-28-26-24-22-20-18-16-14-12-10-8-6-4-2/h37,42H,3-35H2,1-2H3. The summed E-state index contributed by atoms with van der Waals surface area (Å²) in [5.74, 6) is 1.26. The Bertz CT molecular complexity index is 620. The number of aliphatic hydroxyl groups is 1. The third-order valence-electron chi connectivity index (χ3n) is 9.35. The van der Waals surface area contributed by atoms with Gasteiger partial charge in [-0.3, -0.25) is 9.79 Å². The Balaban J connectivity index is 1.93. The molecule has 0 amide bonds. The van der Waals surface area contributed by atoms with Crippen LogP contribution in [0.15, 0.2) is 4.99 Å². The molecule has 1 rings (SSSR count). The van der Waals surface area contributed by atoms with E-state index in [1.54, 1.807) is 0 Å². The number of hydrogen-bond acceptors (Lipinski definition) is 4. The summed E-state index contributed by atoms with van der Waals surface area (Å²) in [6, 6.07) is 0. The first-order chi connectivity index (χ1) is 20.7. The highest BCUT2D eigenvalue weighted by Crippen LogP contribution is 2.17. The van der Waals surface area contributed by atoms with Crippen LogP contribution >= 0.6 is 0 Å². The van der Waals surface area contributed by atoms with Crippen LogP contribution in [0.2, 0.25) is 0 Å². The van der Waals surface area contributed by atoms with E-state index in [-0.39, 0.29) is 5.78 Å². The number of aliphatic hydroxyl groups excluding tert-OH is 1. The van der Waals surface area contributed by atoms with Crippen molar-refractivity contribution in [1.82, 2.24) is 4.90 Å². The number of rotatable bonds is 33. The highest BCUT2D eigenvalue weighted by atomic mass is 16.3. The molecule has 1 N–H and O–H groups in total. The summed E-state index contributed by atoms with van der Waals surface area (Å²) in [6.07, 6.45) is 37.8. The van der Waals surface area contributed by atoms with Gasteiger partial charge in [0.1, 0.15) is 6.10 Å². The van der Waals surface area contributed by atoms with Gasteiger partial charge < -0.3 is 10.0 Å². The number of amidine groups is 1. The maximum atomic E-state index is 12.5. The van der Waals surface area contributed by atoms with E-state index in [4.69, 9.17) is 4.99 Å². The molecule has 0 fully saturated rings. The molecule has 0 bridgehead atoms. The van der Waals surface area contributed by atoms with E-state index in [0.717, 1.165) is 38.9 Å². The fraction of sp³-hybridized carbons (Fsp3) is 0.947. The summed E-state index contributed by atoms with van der Waals surface area (Å²) in [7, 11) is 0. The summed E-state index contributed by atoms with van der Waals surface area (Å²) in [4.78, 5) is 19.5. The van der Waals surface area contributed by atoms with Crippen molar-refractivity contribution in [2.75, 3.05) is 19.6 Å². The van der Waals surface area contributed by atoms with Gasteiger partial charge in [-0.2, -0.15) is 0 Å². The van der Waals surface area contributed by atoms with E-state index >= 15 is 0 Å². The fourth-order valence-electron chi connectivity index (χ4n) is 6.41. The number of aliphatic imine (C=N–C) groups is 1. The summed E-state index contributed by atoms with van der Waals surface area (Å²) in [5.41, 5.74) is 0. The lowest BCUT2D eigenvalue weighted by molar-refractivity contribution is -0.127. The lowest BCUT2D eigenvalue weighted by Crippen LogP contribution is -2.33. The van der Waals surface area contributed by atoms with Gasteiger partial charge in [0.05, 0.1) is 12.4 Å². The molecule has 42 heavy (non-hydrogen) atoms. The van der Waals surface area contributed by atoms with Crippen molar-refractivity contribution in [1.29, 1.82) is 0 Å². The second kappa shape index (κ2) is 30.1. The minimum Gasteiger partial charge on any atom is -0.385 e. The summed E-state index contributed by atoms with van der Waals surface area (Å²) in [5, 5.41) is 10.4. The van der Waals surface area contributed by atoms with Crippen molar-refractivity contribution >= 4 is 11.6 Å². The number of carbonyl (C=O) groups excluding carboxylic acids is 1. The van der Waals surface area contributed by atoms with Crippen molar-refractivity contribution in [3.05, 3.63) is 0 Å². The molecule has 0 aromatic rings. The fourth-order valence-corrected chi connectivity index (χ4v) is 6.41. The molecule has 0 aromatic carbocycles. The topological polar surface area (TPSA) is 52.9 Å². The molecule has 0 radical (unpaired) electrons. The van der Waals surface area contributed by atoms with E-state index in [0.29, 0.717) is 12.8 Å². The zero-order valence-corrected chi connectivity index (χ0v) is 28.7. The Morgan fingerprint density at radius 1 is 0.619 bits per heavy atom. The molecule has 0 spiro atoms. The Kier molecular flexibility index (Phi) is 28.1. The van der Waals surface area contributed by atoms with E-state index in [2.05, 4.69) is 18.7 Å². The Labute approximate surface area is 263 Å². The maximum Gasteiger partial charge on any atom is 0.161 e. The van der Waals surface area contributed by atoms with Crippen LogP contribution in [0.5, 0.6) is 0 Å². The van der Waals surface area contributed by atoms with Crippen LogP contribution in [0.25, 0.3) is 0 Å². The number of carbonyl (C=O) groups is 1. The molecule has 1 aliphatic heterocycles. The predicted octanol–water partition coefficient (Wildman–Crippen LogP) is 11.4. The lowest BCUT2D eigenvalue weighted by Gasteiger charge is -2.21. The molecule has 0 aromatic heterocycles. The average Bonchev–Trinajstić information content (AvgIpc) is 3.45. The van der Waals surface area contributed by atoms with E-state index in [9.17, 15) is 9.90 Å². The molecule has 0 saturated heterocycles. The summed E-state index contributed by atoms with van der Waals surface area (Å²) < 4.78 is 0. The third-order valence-corrected chi connectivity index (χ3v) is 9.35. The number of Topliss-reactive ketones (excluding diaryl/α,β-unsaturated/α-hetero) is 1. The first-order valence-electron chi connectivity index (χ1n) is 19.2. The lowest BCUT2D eigenvalue weighted by atomic mass is 10.0. The molecule has 4 nitrogen and oxygen atoms in total. The second-order valence-corrected chi connectivity index (χ2v) is 13.4. The van der Waals surface area contributed by atoms with Crippen molar-refractivity contribution in [3.8, 4) is 0 Å². The summed E-state index contributed by atoms with van der Waals surface area (Å²) in [6.45, 7) is 7.16. The zero-order valence-electron chi connectivity index (χ0n) is 28.7. The molecular weight excluding hydrogens is 516 g/mol. The van der Waals surface area contributed by atoms with Gasteiger partial charge in [-0.15, -0.1) is 0 Å². The van der Waals surface area contributed by atoms with Crippen LogP contribution in [-0.2, 0) is 4.79 Å². The van der Waals surface area contributed by atoms with Crippen molar-refractivity contribution in [2.24, 2.45) is 4.99 Å². The van der Waals surface area contributed by atoms with Crippen LogP contribution in [0.4, 0.5) is 0 Å². The molecule has 4 heteroatoms. The average molecular weight is 591 g/mol. The number of ketones is 1. The van der Waals surface area contributed by atoms with Gasteiger partial charge >= 0.3 is 0 Å². The van der Waals surface area contributed by atoms with Gasteiger partial charge in [0.2, 0.25) is 0 Å². The monoisotopic (exact) mass is 591 g/mol. The van der Waals surface area contributed by atoms with E-state index in [1.165, 1.54) is 166 Å². The highest BCUT2D eigenvalue weighted by molar-refractivity contribution is 5.84. The molecule has 1 atom stereocenters. The van der Waals surface area contributed by atoms with Gasteiger partial charge in [-0.25, -0.2) is 0 Å². The quantitative estimate of drug-likeness (QED) is 0.0773. The minimum atomic E-state index is -0.801. The van der Waals surface area contributed by atoms with Gasteiger partial charge in [0.25, 0.3) is 0 Å². The van der Waals surface area contributed by atoms with E-state index in [1.807, 2.05) is 0 Å². The van der Waals surface area contributed by atoms with Crippen molar-refractivity contribution in [3.63, 3.8) is 0 Å². The largest absolute Gasteiger partial charge is 0.385 e. The molecule has 248 valence electrons. The van der Waals surface area contributed by atoms with E-state index < -0.39 is 6.10 Å². The first-order valence-corrected chi connectivity index (χ1v) is 19.2. The Morgan fingerprint density at radius 2 is 1.00 bits per heavy atom. The van der Waals surface area contributed by atoms with Crippen LogP contribution in [0.1, 0.15) is 206 Å². The molecule has 0 aliphatic carbocycles. The SMILES string of the molecule is CCCCCCCCCCCCCCCCC1=NCCN1CCC(O)C(=O)CCCCCCCCCCCCCCC. The predicted molar refractivity (Wildman–Crippen MR) is 185 cm³/mol. The van der Waals surface area contributed by atoms with Gasteiger partial charge in [0.15, 0.2) is 5.78 Å². The van der Waals surface area contributed by atoms with Crippen LogP contribution in [0, 0.1) is 0 Å². The van der Waals surface area contributed by atoms with Crippen LogP contribution in [0.3, 0.4) is 0 Å². The Hall–Kier alpha value is -0.900. The van der Waals surface area contributed by atoms with Gasteiger partial charge in [0, 0.05) is 25.9 Å². The van der Waals surface area contributed by atoms with Gasteiger partial charge in [-0.1, -0.05) is 174 Å². The molecule has 0 saturated carbocycles. The normalized spacial score (nSPS) is 14.1. The number of nitrogens with zero attached hydrogens (tertiary/aromatic N) is 2. The smallest absolute Gasteiger partial charge is 0.161 e. The molecular formula is C38H74N2O2. The van der Waals surface area contributed by atoms with Gasteiger partial charge in [-0.05, 0) is 19.3 Å². The Morgan fingerprint density at radius 3 is 1.43 bits per heavy atom. The number of unbranched alkanes of at least 4 members (excludes halogenated alkanes) is 25. The highest BCUT2D eigenvalue weighted by Gasteiger charge is 2.20. The van der Waals surface area contributed by atoms with Crippen molar-refractivity contribution < 1.29 is 9.90 Å². The zero-order chi connectivity index (χ0) is 30.4. The molecule has 1 unspecified atom stereocenters. The molecule has 1 heterocycles. The van der Waals surface area contributed by atoms with Crippen molar-refractivity contribution in [2.45, 2.75) is 213 Å². The minimum absolute atomic E-state index is 0.0442. The molecule has 1 aliphatic rings. The maximum absolute atomic E-state index is 12.5.